The summed E-state index contributed by atoms with van der Waals surface area (Å²) in [7, 11) is 0. The molecule has 21 heavy (non-hydrogen) atoms. The molecule has 0 aromatic heterocycles. The molecule has 1 aromatic rings. The van der Waals surface area contributed by atoms with Gasteiger partial charge in [-0.2, -0.15) is 0 Å². The van der Waals surface area contributed by atoms with Gasteiger partial charge in [-0.05, 0) is 11.6 Å². The number of esters is 1. The second-order valence-corrected chi connectivity index (χ2v) is 4.79. The van der Waals surface area contributed by atoms with Crippen LogP contribution in [-0.2, 0) is 20.9 Å². The molecule has 0 aliphatic carbocycles. The van der Waals surface area contributed by atoms with Crippen molar-refractivity contribution in [2.24, 2.45) is 0 Å². The normalized spacial score (nSPS) is 16.0. The number of carbonyl (C=O) groups excluding carboxylic acids is 1. The summed E-state index contributed by atoms with van der Waals surface area (Å²) in [6.07, 6.45) is 3.32. The minimum absolute atomic E-state index is 0.126. The Labute approximate surface area is 124 Å². The second kappa shape index (κ2) is 8.34. The molecule has 0 bridgehead atoms. The molecule has 0 amide bonds. The van der Waals surface area contributed by atoms with Crippen molar-refractivity contribution >= 4 is 11.7 Å². The number of hydrogen-bond acceptors (Lipinski definition) is 5. The quantitative estimate of drug-likeness (QED) is 0.638. The molecule has 0 radical (unpaired) electrons. The number of rotatable bonds is 6. The molecule has 5 heteroatoms. The topological polar surface area (TPSA) is 62.6 Å². The number of benzene rings is 1. The van der Waals surface area contributed by atoms with Crippen molar-refractivity contribution < 1.29 is 14.3 Å². The van der Waals surface area contributed by atoms with Crippen LogP contribution in [0.4, 0.5) is 0 Å². The molecule has 0 spiro atoms. The monoisotopic (exact) mass is 288 g/mol. The lowest BCUT2D eigenvalue weighted by Gasteiger charge is -2.25. The fourth-order valence-electron chi connectivity index (χ4n) is 1.97. The van der Waals surface area contributed by atoms with E-state index >= 15 is 0 Å². The van der Waals surface area contributed by atoms with E-state index in [0.717, 1.165) is 38.4 Å². The van der Waals surface area contributed by atoms with E-state index in [0.29, 0.717) is 0 Å². The molecule has 1 heterocycles. The van der Waals surface area contributed by atoms with Gasteiger partial charge in [0.15, 0.2) is 0 Å². The highest BCUT2D eigenvalue weighted by Crippen LogP contribution is 2.01. The zero-order valence-electron chi connectivity index (χ0n) is 12.0. The van der Waals surface area contributed by atoms with Gasteiger partial charge in [0.05, 0.1) is 13.2 Å². The Morgan fingerprint density at radius 2 is 2.00 bits per heavy atom. The molecule has 1 saturated heterocycles. The third-order valence-corrected chi connectivity index (χ3v) is 3.18. The average Bonchev–Trinajstić information content (AvgIpc) is 2.54. The first-order valence-corrected chi connectivity index (χ1v) is 7.02. The Morgan fingerprint density at radius 3 is 2.71 bits per heavy atom. The van der Waals surface area contributed by atoms with Crippen molar-refractivity contribution in [2.75, 3.05) is 32.8 Å². The molecular weight excluding hydrogens is 268 g/mol. The Bertz CT molecular complexity index is 494. The van der Waals surface area contributed by atoms with Crippen LogP contribution < -0.4 is 0 Å². The molecule has 0 unspecified atom stereocenters. The second-order valence-electron chi connectivity index (χ2n) is 4.79. The van der Waals surface area contributed by atoms with Gasteiger partial charge >= 0.3 is 5.97 Å². The number of nitrogens with one attached hydrogen (secondary N) is 1. The Morgan fingerprint density at radius 1 is 1.29 bits per heavy atom. The third-order valence-electron chi connectivity index (χ3n) is 3.18. The lowest BCUT2D eigenvalue weighted by atomic mass is 10.2. The fourth-order valence-corrected chi connectivity index (χ4v) is 1.97. The number of nitrogens with zero attached hydrogens (tertiary/aromatic N) is 1. The van der Waals surface area contributed by atoms with Crippen LogP contribution in [0.3, 0.4) is 0 Å². The van der Waals surface area contributed by atoms with Gasteiger partial charge in [-0.3, -0.25) is 10.3 Å². The van der Waals surface area contributed by atoms with Crippen molar-refractivity contribution in [2.45, 2.75) is 6.61 Å². The summed E-state index contributed by atoms with van der Waals surface area (Å²) in [6, 6.07) is 9.44. The Hall–Kier alpha value is -1.98. The summed E-state index contributed by atoms with van der Waals surface area (Å²) < 4.78 is 10.3. The maximum atomic E-state index is 11.7. The van der Waals surface area contributed by atoms with Gasteiger partial charge in [0.2, 0.25) is 0 Å². The van der Waals surface area contributed by atoms with Gasteiger partial charge in [0.1, 0.15) is 12.3 Å². The number of ether oxygens (including phenoxy) is 2. The van der Waals surface area contributed by atoms with E-state index in [1.807, 2.05) is 36.4 Å². The van der Waals surface area contributed by atoms with E-state index in [9.17, 15) is 4.79 Å². The first-order valence-electron chi connectivity index (χ1n) is 7.02. The number of morpholine rings is 1. The molecule has 0 atom stereocenters. The van der Waals surface area contributed by atoms with Crippen LogP contribution in [0.2, 0.25) is 0 Å². The van der Waals surface area contributed by atoms with Gasteiger partial charge in [-0.1, -0.05) is 36.4 Å². The maximum absolute atomic E-state index is 11.7. The van der Waals surface area contributed by atoms with E-state index in [1.165, 1.54) is 6.08 Å². The lowest BCUT2D eigenvalue weighted by molar-refractivity contribution is -0.136. The van der Waals surface area contributed by atoms with Crippen molar-refractivity contribution in [3.8, 4) is 0 Å². The van der Waals surface area contributed by atoms with Gasteiger partial charge in [-0.25, -0.2) is 4.79 Å². The standard InChI is InChI=1S/C16H20N2O3/c17-15(7-4-8-18-9-11-20-12-10-18)16(19)21-13-14-5-2-1-3-6-14/h1-7,17H,8-13H2. The third kappa shape index (κ3) is 5.49. The summed E-state index contributed by atoms with van der Waals surface area (Å²) in [5, 5.41) is 7.67. The van der Waals surface area contributed by atoms with E-state index in [1.54, 1.807) is 0 Å². The predicted octanol–water partition coefficient (Wildman–Crippen LogP) is 1.64. The van der Waals surface area contributed by atoms with Crippen LogP contribution >= 0.6 is 0 Å². The van der Waals surface area contributed by atoms with Gasteiger partial charge < -0.3 is 9.47 Å². The molecule has 1 fully saturated rings. The molecule has 1 aromatic carbocycles. The molecule has 1 N–H and O–H groups in total. The van der Waals surface area contributed by atoms with Crippen molar-refractivity contribution in [3.05, 3.63) is 48.0 Å². The van der Waals surface area contributed by atoms with Gasteiger partial charge in [0, 0.05) is 19.6 Å². The summed E-state index contributed by atoms with van der Waals surface area (Å²) in [4.78, 5) is 13.9. The maximum Gasteiger partial charge on any atom is 0.356 e. The SMILES string of the molecule is N=C(C=CCN1CCOCC1)C(=O)OCc1ccccc1. The highest BCUT2D eigenvalue weighted by molar-refractivity contribution is 6.39. The largest absolute Gasteiger partial charge is 0.456 e. The predicted molar refractivity (Wildman–Crippen MR) is 80.4 cm³/mol. The smallest absolute Gasteiger partial charge is 0.356 e. The average molecular weight is 288 g/mol. The Kier molecular flexibility index (Phi) is 6.12. The summed E-state index contributed by atoms with van der Waals surface area (Å²) >= 11 is 0. The number of hydrogen-bond donors (Lipinski definition) is 1. The van der Waals surface area contributed by atoms with Crippen LogP contribution in [-0.4, -0.2) is 49.4 Å². The molecule has 0 saturated carbocycles. The minimum atomic E-state index is -0.600. The van der Waals surface area contributed by atoms with E-state index in [2.05, 4.69) is 4.90 Å². The summed E-state index contributed by atoms with van der Waals surface area (Å²) in [6.45, 7) is 4.16. The van der Waals surface area contributed by atoms with E-state index in [4.69, 9.17) is 14.9 Å². The molecule has 2 rings (SSSR count). The van der Waals surface area contributed by atoms with Crippen LogP contribution in [0.5, 0.6) is 0 Å². The van der Waals surface area contributed by atoms with Gasteiger partial charge in [-0.15, -0.1) is 0 Å². The first-order chi connectivity index (χ1) is 10.3. The van der Waals surface area contributed by atoms with Crippen LogP contribution in [0.25, 0.3) is 0 Å². The van der Waals surface area contributed by atoms with Crippen molar-refractivity contribution in [1.29, 1.82) is 5.41 Å². The van der Waals surface area contributed by atoms with E-state index < -0.39 is 5.97 Å². The molecule has 5 nitrogen and oxygen atoms in total. The summed E-state index contributed by atoms with van der Waals surface area (Å²) in [5.41, 5.74) is 0.787. The van der Waals surface area contributed by atoms with Crippen LogP contribution in [0.15, 0.2) is 42.5 Å². The van der Waals surface area contributed by atoms with Crippen molar-refractivity contribution in [3.63, 3.8) is 0 Å². The Balaban J connectivity index is 1.70. The molecule has 1 aliphatic heterocycles. The summed E-state index contributed by atoms with van der Waals surface area (Å²) in [5.74, 6) is -0.600. The van der Waals surface area contributed by atoms with Gasteiger partial charge in [0.25, 0.3) is 0 Å². The highest BCUT2D eigenvalue weighted by Gasteiger charge is 2.10. The minimum Gasteiger partial charge on any atom is -0.456 e. The van der Waals surface area contributed by atoms with Crippen molar-refractivity contribution in [1.82, 2.24) is 4.90 Å². The lowest BCUT2D eigenvalue weighted by Crippen LogP contribution is -2.36. The zero-order valence-corrected chi connectivity index (χ0v) is 12.0. The molecule has 1 aliphatic rings. The van der Waals surface area contributed by atoms with Crippen LogP contribution in [0.1, 0.15) is 5.56 Å². The van der Waals surface area contributed by atoms with E-state index in [-0.39, 0.29) is 12.3 Å². The molecule has 112 valence electrons. The zero-order chi connectivity index (χ0) is 14.9. The fraction of sp³-hybridized carbons (Fsp3) is 0.375. The van der Waals surface area contributed by atoms with Crippen LogP contribution in [0, 0.1) is 5.41 Å². The molecular formula is C16H20N2O3. The number of carbonyl (C=O) groups is 1. The highest BCUT2D eigenvalue weighted by atomic mass is 16.5. The first kappa shape index (κ1) is 15.4.